The summed E-state index contributed by atoms with van der Waals surface area (Å²) in [4.78, 5) is 0. The van der Waals surface area contributed by atoms with Crippen LogP contribution < -0.4 is 0 Å². The minimum absolute atomic E-state index is 0.343. The van der Waals surface area contributed by atoms with Gasteiger partial charge in [0, 0.05) is 8.81 Å². The molecule has 3 unspecified atom stereocenters. The van der Waals surface area contributed by atoms with E-state index in [2.05, 4.69) is 27.7 Å². The Morgan fingerprint density at radius 3 is 2.75 bits per heavy atom. The van der Waals surface area contributed by atoms with Crippen LogP contribution in [0.1, 0.15) is 53.4 Å². The molecule has 96 valence electrons. The summed E-state index contributed by atoms with van der Waals surface area (Å²) >= 11 is 0. The fourth-order valence-corrected chi connectivity index (χ4v) is 2.95. The van der Waals surface area contributed by atoms with Crippen molar-refractivity contribution in [1.82, 2.24) is 0 Å². The predicted octanol–water partition coefficient (Wildman–Crippen LogP) is 3.99. The van der Waals surface area contributed by atoms with Gasteiger partial charge in [0.05, 0.1) is 18.8 Å². The average molecular weight is 246 g/mol. The Hall–Kier alpha value is 0.350. The van der Waals surface area contributed by atoms with Crippen LogP contribution in [-0.2, 0) is 9.26 Å². The third-order valence-corrected chi connectivity index (χ3v) is 4.41. The molecule has 0 amide bonds. The van der Waals surface area contributed by atoms with E-state index in [0.717, 1.165) is 18.7 Å². The molecule has 1 aliphatic heterocycles. The third-order valence-electron chi connectivity index (χ3n) is 3.39. The standard InChI is InChI=1S/C13H27O2P/c1-5-6-7-11(3)16-14-9-13-8-10(2)12(4)15-13/h10-13,16H,5-9H2,1-4H3/t10-,11?,12?,13-/m0/s1. The van der Waals surface area contributed by atoms with Crippen molar-refractivity contribution >= 4 is 8.81 Å². The van der Waals surface area contributed by atoms with Crippen LogP contribution in [0.3, 0.4) is 0 Å². The third kappa shape index (κ3) is 5.12. The molecule has 1 rings (SSSR count). The fourth-order valence-electron chi connectivity index (χ4n) is 2.06. The number of rotatable bonds is 7. The van der Waals surface area contributed by atoms with E-state index >= 15 is 0 Å². The van der Waals surface area contributed by atoms with Gasteiger partial charge in [0.1, 0.15) is 0 Å². The molecule has 1 heterocycles. The van der Waals surface area contributed by atoms with Crippen LogP contribution in [-0.4, -0.2) is 24.5 Å². The normalized spacial score (nSPS) is 32.6. The molecule has 0 aromatic rings. The molecule has 3 heteroatoms. The van der Waals surface area contributed by atoms with Gasteiger partial charge in [0.25, 0.3) is 0 Å². The molecule has 1 aliphatic rings. The zero-order valence-electron chi connectivity index (χ0n) is 11.2. The van der Waals surface area contributed by atoms with Crippen LogP contribution in [0.4, 0.5) is 0 Å². The number of hydrogen-bond acceptors (Lipinski definition) is 2. The average Bonchev–Trinajstić information content (AvgIpc) is 2.55. The van der Waals surface area contributed by atoms with Crippen molar-refractivity contribution in [3.63, 3.8) is 0 Å². The van der Waals surface area contributed by atoms with Crippen molar-refractivity contribution in [2.45, 2.75) is 71.2 Å². The van der Waals surface area contributed by atoms with Crippen molar-refractivity contribution in [2.24, 2.45) is 5.92 Å². The zero-order valence-corrected chi connectivity index (χ0v) is 12.2. The second kappa shape index (κ2) is 7.63. The first-order valence-corrected chi connectivity index (χ1v) is 7.64. The summed E-state index contributed by atoms with van der Waals surface area (Å²) in [5, 5.41) is 0. The van der Waals surface area contributed by atoms with Gasteiger partial charge in [-0.05, 0) is 31.3 Å². The maximum atomic E-state index is 5.82. The molecule has 0 N–H and O–H groups in total. The van der Waals surface area contributed by atoms with E-state index < -0.39 is 0 Å². The predicted molar refractivity (Wildman–Crippen MR) is 71.4 cm³/mol. The second-order valence-corrected chi connectivity index (χ2v) is 6.66. The van der Waals surface area contributed by atoms with Gasteiger partial charge in [-0.1, -0.05) is 33.6 Å². The Morgan fingerprint density at radius 2 is 2.19 bits per heavy atom. The molecule has 0 saturated carbocycles. The van der Waals surface area contributed by atoms with Crippen molar-refractivity contribution in [1.29, 1.82) is 0 Å². The topological polar surface area (TPSA) is 18.5 Å². The first kappa shape index (κ1) is 14.4. The quantitative estimate of drug-likeness (QED) is 0.632. The molecule has 0 aromatic carbocycles. The number of ether oxygens (including phenoxy) is 1. The largest absolute Gasteiger partial charge is 0.373 e. The van der Waals surface area contributed by atoms with E-state index in [9.17, 15) is 0 Å². The minimum atomic E-state index is 0.343. The van der Waals surface area contributed by atoms with Gasteiger partial charge in [-0.3, -0.25) is 0 Å². The Kier molecular flexibility index (Phi) is 6.87. The summed E-state index contributed by atoms with van der Waals surface area (Å²) in [5.41, 5.74) is 0.719. The van der Waals surface area contributed by atoms with Gasteiger partial charge >= 0.3 is 0 Å². The van der Waals surface area contributed by atoms with Crippen LogP contribution in [0.25, 0.3) is 0 Å². The molecule has 5 atom stereocenters. The highest BCUT2D eigenvalue weighted by atomic mass is 31.1. The van der Waals surface area contributed by atoms with Crippen LogP contribution in [0, 0.1) is 5.92 Å². The molecule has 0 aliphatic carbocycles. The SMILES string of the molecule is CCCCC(C)POC[C@@H]1C[C@H](C)C(C)O1. The molecule has 0 aromatic heterocycles. The lowest BCUT2D eigenvalue weighted by atomic mass is 10.0. The Bertz CT molecular complexity index is 177. The van der Waals surface area contributed by atoms with Crippen LogP contribution >= 0.6 is 8.81 Å². The van der Waals surface area contributed by atoms with Crippen molar-refractivity contribution < 1.29 is 9.26 Å². The van der Waals surface area contributed by atoms with E-state index in [4.69, 9.17) is 9.26 Å². The molecule has 1 saturated heterocycles. The summed E-state index contributed by atoms with van der Waals surface area (Å²) in [6, 6.07) is 0. The molecule has 1 fully saturated rings. The number of unbranched alkanes of at least 4 members (excludes halogenated alkanes) is 1. The maximum absolute atomic E-state index is 5.82. The lowest BCUT2D eigenvalue weighted by Crippen LogP contribution is -2.14. The van der Waals surface area contributed by atoms with Gasteiger partial charge in [-0.2, -0.15) is 0 Å². The highest BCUT2D eigenvalue weighted by molar-refractivity contribution is 7.33. The monoisotopic (exact) mass is 246 g/mol. The highest BCUT2D eigenvalue weighted by Gasteiger charge is 2.28. The summed E-state index contributed by atoms with van der Waals surface area (Å²) in [6.45, 7) is 9.75. The van der Waals surface area contributed by atoms with Crippen molar-refractivity contribution in [2.75, 3.05) is 6.61 Å². The van der Waals surface area contributed by atoms with Gasteiger partial charge < -0.3 is 9.26 Å². The molecule has 0 bridgehead atoms. The molecule has 16 heavy (non-hydrogen) atoms. The van der Waals surface area contributed by atoms with Gasteiger partial charge in [0.15, 0.2) is 0 Å². The van der Waals surface area contributed by atoms with Gasteiger partial charge in [-0.25, -0.2) is 0 Å². The fraction of sp³-hybridized carbons (Fsp3) is 1.00. The minimum Gasteiger partial charge on any atom is -0.373 e. The lowest BCUT2D eigenvalue weighted by molar-refractivity contribution is 0.0241. The summed E-state index contributed by atoms with van der Waals surface area (Å²) in [7, 11) is 0.647. The first-order valence-electron chi connectivity index (χ1n) is 6.66. The van der Waals surface area contributed by atoms with E-state index in [1.54, 1.807) is 0 Å². The van der Waals surface area contributed by atoms with Gasteiger partial charge in [0.2, 0.25) is 0 Å². The summed E-state index contributed by atoms with van der Waals surface area (Å²) in [6.07, 6.45) is 5.83. The van der Waals surface area contributed by atoms with E-state index in [0.29, 0.717) is 26.9 Å². The van der Waals surface area contributed by atoms with Crippen molar-refractivity contribution in [3.8, 4) is 0 Å². The Labute approximate surface area is 102 Å². The van der Waals surface area contributed by atoms with Gasteiger partial charge in [-0.15, -0.1) is 0 Å². The van der Waals surface area contributed by atoms with Crippen LogP contribution in [0.5, 0.6) is 0 Å². The molecule has 0 spiro atoms. The van der Waals surface area contributed by atoms with E-state index in [1.807, 2.05) is 0 Å². The second-order valence-electron chi connectivity index (χ2n) is 5.15. The molecule has 2 nitrogen and oxygen atoms in total. The molecular formula is C13H27O2P. The zero-order chi connectivity index (χ0) is 12.0. The van der Waals surface area contributed by atoms with Crippen LogP contribution in [0.2, 0.25) is 0 Å². The van der Waals surface area contributed by atoms with Crippen LogP contribution in [0.15, 0.2) is 0 Å². The van der Waals surface area contributed by atoms with E-state index in [-0.39, 0.29) is 0 Å². The Morgan fingerprint density at radius 1 is 1.44 bits per heavy atom. The molecular weight excluding hydrogens is 219 g/mol. The number of hydrogen-bond donors (Lipinski definition) is 0. The highest BCUT2D eigenvalue weighted by Crippen LogP contribution is 2.29. The van der Waals surface area contributed by atoms with E-state index in [1.165, 1.54) is 19.3 Å². The molecule has 0 radical (unpaired) electrons. The smallest absolute Gasteiger partial charge is 0.0819 e. The summed E-state index contributed by atoms with van der Waals surface area (Å²) < 4.78 is 11.6. The lowest BCUT2D eigenvalue weighted by Gasteiger charge is -2.14. The Balaban J connectivity index is 2.03. The first-order chi connectivity index (χ1) is 7.63. The summed E-state index contributed by atoms with van der Waals surface area (Å²) in [5.74, 6) is 0.689. The van der Waals surface area contributed by atoms with Crippen molar-refractivity contribution in [3.05, 3.63) is 0 Å². The maximum Gasteiger partial charge on any atom is 0.0819 e.